The highest BCUT2D eigenvalue weighted by Crippen LogP contribution is 2.12. The molecule has 0 saturated carbocycles. The van der Waals surface area contributed by atoms with Crippen molar-refractivity contribution in [1.29, 1.82) is 0 Å². The Hall–Kier alpha value is -0.990. The van der Waals surface area contributed by atoms with Gasteiger partial charge in [-0.1, -0.05) is 19.1 Å². The van der Waals surface area contributed by atoms with Gasteiger partial charge in [0.25, 0.3) is 10.0 Å². The Morgan fingerprint density at radius 1 is 1.69 bits per heavy atom. The third-order valence-corrected chi connectivity index (χ3v) is 3.80. The molecule has 1 aromatic heterocycles. The van der Waals surface area contributed by atoms with Gasteiger partial charge in [-0.3, -0.25) is 5.10 Å². The van der Waals surface area contributed by atoms with E-state index in [2.05, 4.69) is 10.2 Å². The molecule has 0 aliphatic rings. The van der Waals surface area contributed by atoms with Crippen LogP contribution in [0.3, 0.4) is 0 Å². The van der Waals surface area contributed by atoms with Crippen molar-refractivity contribution in [2.24, 2.45) is 5.73 Å². The maximum atomic E-state index is 12.1. The third kappa shape index (κ3) is 3.00. The van der Waals surface area contributed by atoms with Crippen LogP contribution in [0.4, 0.5) is 0 Å². The van der Waals surface area contributed by atoms with Crippen molar-refractivity contribution in [3.8, 4) is 0 Å². The van der Waals surface area contributed by atoms with Crippen molar-refractivity contribution in [2.75, 3.05) is 13.1 Å². The van der Waals surface area contributed by atoms with Crippen LogP contribution in [0, 0.1) is 0 Å². The quantitative estimate of drug-likeness (QED) is 0.709. The number of thiocarbonyl (C=S) groups is 1. The van der Waals surface area contributed by atoms with E-state index in [0.29, 0.717) is 13.0 Å². The number of aromatic amines is 1. The highest BCUT2D eigenvalue weighted by Gasteiger charge is 2.25. The molecule has 90 valence electrons. The fraction of sp³-hybridized carbons (Fsp3) is 0.500. The fourth-order valence-corrected chi connectivity index (χ4v) is 2.88. The molecule has 3 N–H and O–H groups in total. The molecule has 0 bridgehead atoms. The summed E-state index contributed by atoms with van der Waals surface area (Å²) in [6, 6.07) is 1.40. The van der Waals surface area contributed by atoms with Crippen LogP contribution in [-0.2, 0) is 10.0 Å². The van der Waals surface area contributed by atoms with Crippen molar-refractivity contribution in [3.63, 3.8) is 0 Å². The zero-order chi connectivity index (χ0) is 12.2. The highest BCUT2D eigenvalue weighted by molar-refractivity contribution is 7.89. The SMILES string of the molecule is CCCN(CC(N)=S)S(=O)(=O)c1ccn[nH]1. The van der Waals surface area contributed by atoms with Crippen molar-refractivity contribution in [3.05, 3.63) is 12.3 Å². The van der Waals surface area contributed by atoms with E-state index < -0.39 is 10.0 Å². The van der Waals surface area contributed by atoms with Crippen molar-refractivity contribution in [1.82, 2.24) is 14.5 Å². The first-order valence-electron chi connectivity index (χ1n) is 4.76. The molecule has 0 aliphatic carbocycles. The molecule has 0 amide bonds. The molecule has 0 radical (unpaired) electrons. The normalized spacial score (nSPS) is 11.9. The molecule has 0 aliphatic heterocycles. The van der Waals surface area contributed by atoms with Gasteiger partial charge in [-0.15, -0.1) is 0 Å². The first kappa shape index (κ1) is 13.1. The lowest BCUT2D eigenvalue weighted by atomic mass is 10.5. The molecule has 16 heavy (non-hydrogen) atoms. The van der Waals surface area contributed by atoms with Crippen LogP contribution in [0.2, 0.25) is 0 Å². The second kappa shape index (κ2) is 5.37. The molecule has 0 atom stereocenters. The lowest BCUT2D eigenvalue weighted by molar-refractivity contribution is 0.447. The van der Waals surface area contributed by atoms with Crippen LogP contribution in [0.1, 0.15) is 13.3 Å². The van der Waals surface area contributed by atoms with Gasteiger partial charge in [0, 0.05) is 6.54 Å². The van der Waals surface area contributed by atoms with Crippen LogP contribution in [0.15, 0.2) is 17.3 Å². The van der Waals surface area contributed by atoms with Gasteiger partial charge in [0.1, 0.15) is 0 Å². The Morgan fingerprint density at radius 3 is 2.81 bits per heavy atom. The van der Waals surface area contributed by atoms with Gasteiger partial charge >= 0.3 is 0 Å². The average Bonchev–Trinajstić information content (AvgIpc) is 2.69. The predicted molar refractivity (Wildman–Crippen MR) is 64.4 cm³/mol. The first-order chi connectivity index (χ1) is 7.48. The number of rotatable bonds is 6. The Kier molecular flexibility index (Phi) is 4.39. The van der Waals surface area contributed by atoms with Crippen LogP contribution in [0.25, 0.3) is 0 Å². The number of nitrogens with two attached hydrogens (primary N) is 1. The molecule has 6 nitrogen and oxygen atoms in total. The van der Waals surface area contributed by atoms with Crippen LogP contribution in [-0.4, -0.2) is 41.0 Å². The van der Waals surface area contributed by atoms with Crippen molar-refractivity contribution in [2.45, 2.75) is 18.4 Å². The van der Waals surface area contributed by atoms with E-state index in [9.17, 15) is 8.42 Å². The summed E-state index contributed by atoms with van der Waals surface area (Å²) in [7, 11) is -3.57. The minimum absolute atomic E-state index is 0.0462. The summed E-state index contributed by atoms with van der Waals surface area (Å²) >= 11 is 4.73. The number of hydrogen-bond donors (Lipinski definition) is 2. The molecule has 8 heteroatoms. The van der Waals surface area contributed by atoms with E-state index in [1.165, 1.54) is 16.6 Å². The van der Waals surface area contributed by atoms with E-state index in [1.807, 2.05) is 6.92 Å². The van der Waals surface area contributed by atoms with Gasteiger partial charge in [0.05, 0.1) is 17.7 Å². The smallest absolute Gasteiger partial charge is 0.260 e. The van der Waals surface area contributed by atoms with Gasteiger partial charge in [0.15, 0.2) is 5.03 Å². The van der Waals surface area contributed by atoms with Gasteiger partial charge in [0.2, 0.25) is 0 Å². The maximum Gasteiger partial charge on any atom is 0.260 e. The zero-order valence-electron chi connectivity index (χ0n) is 8.88. The van der Waals surface area contributed by atoms with Gasteiger partial charge in [-0.2, -0.15) is 9.40 Å². The molecule has 0 spiro atoms. The maximum absolute atomic E-state index is 12.1. The van der Waals surface area contributed by atoms with E-state index >= 15 is 0 Å². The minimum Gasteiger partial charge on any atom is -0.392 e. The predicted octanol–water partition coefficient (Wildman–Crippen LogP) is 0.0965. The Bertz CT molecular complexity index is 441. The van der Waals surface area contributed by atoms with Gasteiger partial charge in [-0.05, 0) is 12.5 Å². The van der Waals surface area contributed by atoms with E-state index in [1.54, 1.807) is 0 Å². The van der Waals surface area contributed by atoms with Crippen molar-refractivity contribution < 1.29 is 8.42 Å². The van der Waals surface area contributed by atoms with Gasteiger partial charge < -0.3 is 5.73 Å². The molecular formula is C8H14N4O2S2. The van der Waals surface area contributed by atoms with Gasteiger partial charge in [-0.25, -0.2) is 8.42 Å². The second-order valence-electron chi connectivity index (χ2n) is 3.23. The van der Waals surface area contributed by atoms with Crippen molar-refractivity contribution >= 4 is 27.2 Å². The summed E-state index contributed by atoms with van der Waals surface area (Å²) in [5.41, 5.74) is 5.37. The molecule has 1 rings (SSSR count). The summed E-state index contributed by atoms with van der Waals surface area (Å²) in [4.78, 5) is 0.150. The number of sulfonamides is 1. The number of aromatic nitrogens is 2. The molecule has 0 aromatic carbocycles. The number of nitrogens with one attached hydrogen (secondary N) is 1. The molecule has 0 fully saturated rings. The standard InChI is InChI=1S/C8H14N4O2S2/c1-2-5-12(6-7(9)15)16(13,14)8-3-4-10-11-8/h3-4H,2,5-6H2,1H3,(H2,9,15)(H,10,11). The first-order valence-corrected chi connectivity index (χ1v) is 6.61. The molecule has 1 heterocycles. The van der Waals surface area contributed by atoms with E-state index in [0.717, 1.165) is 0 Å². The minimum atomic E-state index is -3.57. The largest absolute Gasteiger partial charge is 0.392 e. The monoisotopic (exact) mass is 262 g/mol. The Morgan fingerprint density at radius 2 is 2.38 bits per heavy atom. The van der Waals surface area contributed by atoms with Crippen LogP contribution >= 0.6 is 12.2 Å². The summed E-state index contributed by atoms with van der Waals surface area (Å²) in [6.07, 6.45) is 2.08. The Labute approximate surface area is 99.9 Å². The number of hydrogen-bond acceptors (Lipinski definition) is 4. The lowest BCUT2D eigenvalue weighted by Gasteiger charge is -2.19. The molecule has 0 saturated heterocycles. The topological polar surface area (TPSA) is 92.1 Å². The molecule has 1 aromatic rings. The molecule has 0 unspecified atom stereocenters. The molecular weight excluding hydrogens is 248 g/mol. The van der Waals surface area contributed by atoms with Crippen LogP contribution in [0.5, 0.6) is 0 Å². The van der Waals surface area contributed by atoms with E-state index in [4.69, 9.17) is 18.0 Å². The summed E-state index contributed by atoms with van der Waals surface area (Å²) in [6.45, 7) is 2.30. The second-order valence-corrected chi connectivity index (χ2v) is 5.66. The number of H-pyrrole nitrogens is 1. The number of nitrogens with zero attached hydrogens (tertiary/aromatic N) is 2. The summed E-state index contributed by atoms with van der Waals surface area (Å²) in [5.74, 6) is 0. The lowest BCUT2D eigenvalue weighted by Crippen LogP contribution is -2.38. The fourth-order valence-electron chi connectivity index (χ4n) is 1.23. The highest BCUT2D eigenvalue weighted by atomic mass is 32.2. The van der Waals surface area contributed by atoms with E-state index in [-0.39, 0.29) is 16.6 Å². The summed E-state index contributed by atoms with van der Waals surface area (Å²) < 4.78 is 25.4. The third-order valence-electron chi connectivity index (χ3n) is 1.90. The zero-order valence-corrected chi connectivity index (χ0v) is 10.5. The average molecular weight is 262 g/mol. The Balaban J connectivity index is 2.97. The summed E-state index contributed by atoms with van der Waals surface area (Å²) in [5, 5.41) is 6.09. The van der Waals surface area contributed by atoms with Crippen LogP contribution < -0.4 is 5.73 Å².